The molecule has 0 N–H and O–H groups in total. The van der Waals surface area contributed by atoms with E-state index in [-0.39, 0.29) is 12.3 Å². The largest absolute Gasteiger partial charge is 0.458 e. The molecule has 158 valence electrons. The first-order valence-corrected chi connectivity index (χ1v) is 9.74. The van der Waals surface area contributed by atoms with Crippen molar-refractivity contribution in [3.8, 4) is 16.9 Å². The van der Waals surface area contributed by atoms with Gasteiger partial charge in [0, 0.05) is 47.9 Å². The second-order valence-electron chi connectivity index (χ2n) is 6.82. The molecule has 4 aromatic rings. The number of nitro benzene ring substituents is 1. The fourth-order valence-electron chi connectivity index (χ4n) is 3.02. The smallest absolute Gasteiger partial charge is 0.331 e. The van der Waals surface area contributed by atoms with Crippen LogP contribution in [0.15, 0.2) is 91.4 Å². The predicted octanol–water partition coefficient (Wildman–Crippen LogP) is 4.60. The van der Waals surface area contributed by atoms with E-state index in [0.717, 1.165) is 16.8 Å². The van der Waals surface area contributed by atoms with Gasteiger partial charge in [-0.1, -0.05) is 18.2 Å². The Morgan fingerprint density at radius 1 is 1.06 bits per heavy atom. The van der Waals surface area contributed by atoms with Gasteiger partial charge in [-0.25, -0.2) is 9.48 Å². The number of esters is 1. The first-order valence-electron chi connectivity index (χ1n) is 9.74. The van der Waals surface area contributed by atoms with Gasteiger partial charge in [0.1, 0.15) is 12.3 Å². The van der Waals surface area contributed by atoms with Crippen LogP contribution in [-0.4, -0.2) is 25.7 Å². The summed E-state index contributed by atoms with van der Waals surface area (Å²) < 4.78 is 6.99. The van der Waals surface area contributed by atoms with Crippen molar-refractivity contribution in [2.45, 2.75) is 6.61 Å². The number of pyridine rings is 1. The third-order valence-corrected chi connectivity index (χ3v) is 4.63. The number of hydrogen-bond acceptors (Lipinski definition) is 6. The normalized spacial score (nSPS) is 10.9. The summed E-state index contributed by atoms with van der Waals surface area (Å²) >= 11 is 0. The monoisotopic (exact) mass is 426 g/mol. The van der Waals surface area contributed by atoms with Gasteiger partial charge in [-0.2, -0.15) is 5.10 Å². The SMILES string of the molecule is O=C(/C=C/c1cn(-c2ccccc2)nc1-c1cccnc1)OCc1ccc([N+](=O)[O-])cc1. The maximum atomic E-state index is 12.2. The van der Waals surface area contributed by atoms with Crippen molar-refractivity contribution >= 4 is 17.7 Å². The lowest BCUT2D eigenvalue weighted by molar-refractivity contribution is -0.384. The fourth-order valence-corrected chi connectivity index (χ4v) is 3.02. The van der Waals surface area contributed by atoms with E-state index in [4.69, 9.17) is 4.74 Å². The Labute approximate surface area is 183 Å². The highest BCUT2D eigenvalue weighted by Gasteiger charge is 2.11. The van der Waals surface area contributed by atoms with E-state index in [1.54, 1.807) is 35.3 Å². The van der Waals surface area contributed by atoms with Gasteiger partial charge in [0.15, 0.2) is 0 Å². The minimum atomic E-state index is -0.534. The molecule has 32 heavy (non-hydrogen) atoms. The van der Waals surface area contributed by atoms with Crippen LogP contribution in [0.25, 0.3) is 23.0 Å². The number of rotatable bonds is 7. The molecule has 8 nitrogen and oxygen atoms in total. The summed E-state index contributed by atoms with van der Waals surface area (Å²) in [6.07, 6.45) is 8.20. The number of non-ortho nitro benzene ring substituents is 1. The van der Waals surface area contributed by atoms with E-state index in [1.807, 2.05) is 48.7 Å². The van der Waals surface area contributed by atoms with Crippen molar-refractivity contribution < 1.29 is 14.5 Å². The zero-order valence-electron chi connectivity index (χ0n) is 16.9. The second kappa shape index (κ2) is 9.48. The topological polar surface area (TPSA) is 100 Å². The Balaban J connectivity index is 1.51. The summed E-state index contributed by atoms with van der Waals surface area (Å²) in [6, 6.07) is 19.2. The number of nitrogens with zero attached hydrogens (tertiary/aromatic N) is 4. The van der Waals surface area contributed by atoms with E-state index in [1.165, 1.54) is 18.2 Å². The number of para-hydroxylation sites is 1. The molecule has 0 aliphatic rings. The van der Waals surface area contributed by atoms with Gasteiger partial charge in [0.2, 0.25) is 0 Å². The number of hydrogen-bond donors (Lipinski definition) is 0. The Hall–Kier alpha value is -4.59. The first kappa shape index (κ1) is 20.7. The Morgan fingerprint density at radius 3 is 2.53 bits per heavy atom. The molecule has 2 heterocycles. The molecule has 2 aromatic heterocycles. The number of ether oxygens (including phenoxy) is 1. The maximum absolute atomic E-state index is 12.2. The molecule has 0 fully saturated rings. The highest BCUT2D eigenvalue weighted by atomic mass is 16.6. The average Bonchev–Trinajstić information content (AvgIpc) is 3.27. The molecule has 0 radical (unpaired) electrons. The van der Waals surface area contributed by atoms with Crippen molar-refractivity contribution in [3.63, 3.8) is 0 Å². The number of benzene rings is 2. The molecule has 0 aliphatic heterocycles. The molecule has 0 unspecified atom stereocenters. The molecule has 0 saturated heterocycles. The summed E-state index contributed by atoms with van der Waals surface area (Å²) in [5, 5.41) is 15.4. The molecule has 0 atom stereocenters. The molecular formula is C24H18N4O4. The minimum Gasteiger partial charge on any atom is -0.458 e. The van der Waals surface area contributed by atoms with Crippen LogP contribution in [0.4, 0.5) is 5.69 Å². The zero-order chi connectivity index (χ0) is 22.3. The lowest BCUT2D eigenvalue weighted by Gasteiger charge is -2.02. The van der Waals surface area contributed by atoms with Gasteiger partial charge in [0.25, 0.3) is 5.69 Å². The van der Waals surface area contributed by atoms with Crippen LogP contribution in [0.2, 0.25) is 0 Å². The van der Waals surface area contributed by atoms with Gasteiger partial charge in [-0.15, -0.1) is 0 Å². The van der Waals surface area contributed by atoms with Crippen LogP contribution in [0.3, 0.4) is 0 Å². The van der Waals surface area contributed by atoms with Crippen molar-refractivity contribution in [3.05, 3.63) is 113 Å². The maximum Gasteiger partial charge on any atom is 0.331 e. The first-order chi connectivity index (χ1) is 15.6. The summed E-state index contributed by atoms with van der Waals surface area (Å²) in [5.74, 6) is -0.534. The molecule has 0 amide bonds. The summed E-state index contributed by atoms with van der Waals surface area (Å²) in [7, 11) is 0. The summed E-state index contributed by atoms with van der Waals surface area (Å²) in [6.45, 7) is 0.0138. The van der Waals surface area contributed by atoms with Gasteiger partial charge in [-0.3, -0.25) is 15.1 Å². The van der Waals surface area contributed by atoms with E-state index >= 15 is 0 Å². The van der Waals surface area contributed by atoms with Crippen molar-refractivity contribution in [2.24, 2.45) is 0 Å². The van der Waals surface area contributed by atoms with Gasteiger partial charge >= 0.3 is 5.97 Å². The number of nitro groups is 1. The summed E-state index contributed by atoms with van der Waals surface area (Å²) in [4.78, 5) is 26.6. The van der Waals surface area contributed by atoms with Crippen LogP contribution in [0.5, 0.6) is 0 Å². The molecule has 0 aliphatic carbocycles. The Kier molecular flexibility index (Phi) is 6.12. The summed E-state index contributed by atoms with van der Waals surface area (Å²) in [5.41, 5.74) is 3.76. The van der Waals surface area contributed by atoms with E-state index in [9.17, 15) is 14.9 Å². The van der Waals surface area contributed by atoms with Gasteiger partial charge in [-0.05, 0) is 48.0 Å². The third-order valence-electron chi connectivity index (χ3n) is 4.63. The van der Waals surface area contributed by atoms with Crippen molar-refractivity contribution in [1.82, 2.24) is 14.8 Å². The molecule has 0 spiro atoms. The van der Waals surface area contributed by atoms with Gasteiger partial charge < -0.3 is 4.74 Å². The standard InChI is InChI=1S/C24H18N4O4/c29-23(32-17-18-8-11-22(12-9-18)28(30)31)13-10-20-16-27(21-6-2-1-3-7-21)26-24(20)19-5-4-14-25-15-19/h1-16H,17H2/b13-10+. The molecule has 4 rings (SSSR count). The quantitative estimate of drug-likeness (QED) is 0.185. The molecule has 8 heteroatoms. The highest BCUT2D eigenvalue weighted by Crippen LogP contribution is 2.24. The van der Waals surface area contributed by atoms with E-state index in [2.05, 4.69) is 10.1 Å². The Bertz CT molecular complexity index is 1250. The second-order valence-corrected chi connectivity index (χ2v) is 6.82. The van der Waals surface area contributed by atoms with Crippen LogP contribution < -0.4 is 0 Å². The van der Waals surface area contributed by atoms with Gasteiger partial charge in [0.05, 0.1) is 10.6 Å². The van der Waals surface area contributed by atoms with Crippen LogP contribution in [-0.2, 0) is 16.1 Å². The van der Waals surface area contributed by atoms with E-state index < -0.39 is 10.9 Å². The number of carbonyl (C=O) groups excluding carboxylic acids is 1. The molecular weight excluding hydrogens is 408 g/mol. The van der Waals surface area contributed by atoms with Crippen LogP contribution >= 0.6 is 0 Å². The minimum absolute atomic E-state index is 0.0138. The van der Waals surface area contributed by atoms with Crippen molar-refractivity contribution in [1.29, 1.82) is 0 Å². The zero-order valence-corrected chi connectivity index (χ0v) is 16.9. The van der Waals surface area contributed by atoms with Crippen molar-refractivity contribution in [2.75, 3.05) is 0 Å². The predicted molar refractivity (Wildman–Crippen MR) is 119 cm³/mol. The lowest BCUT2D eigenvalue weighted by Crippen LogP contribution is -2.00. The fraction of sp³-hybridized carbons (Fsp3) is 0.0417. The van der Waals surface area contributed by atoms with Crippen LogP contribution in [0.1, 0.15) is 11.1 Å². The van der Waals surface area contributed by atoms with Crippen LogP contribution in [0, 0.1) is 10.1 Å². The highest BCUT2D eigenvalue weighted by molar-refractivity contribution is 5.88. The van der Waals surface area contributed by atoms with E-state index in [0.29, 0.717) is 11.3 Å². The molecule has 0 bridgehead atoms. The Morgan fingerprint density at radius 2 is 1.84 bits per heavy atom. The molecule has 0 saturated carbocycles. The average molecular weight is 426 g/mol. The lowest BCUT2D eigenvalue weighted by atomic mass is 10.1. The number of aromatic nitrogens is 3. The molecule has 2 aromatic carbocycles. The number of carbonyl (C=O) groups is 1. The third kappa shape index (κ3) is 4.93.